The second-order valence-corrected chi connectivity index (χ2v) is 9.92. The van der Waals surface area contributed by atoms with Crippen molar-refractivity contribution >= 4 is 57.4 Å². The molecule has 1 aliphatic heterocycles. The average Bonchev–Trinajstić information content (AvgIpc) is 3.13. The lowest BCUT2D eigenvalue weighted by molar-refractivity contribution is -0.140. The number of carbonyl (C=O) groups is 3. The van der Waals surface area contributed by atoms with Crippen molar-refractivity contribution in [3.63, 3.8) is 0 Å². The first-order chi connectivity index (χ1) is 17.2. The van der Waals surface area contributed by atoms with Gasteiger partial charge >= 0.3 is 0 Å². The fourth-order valence-electron chi connectivity index (χ4n) is 4.56. The zero-order valence-electron chi connectivity index (χ0n) is 20.6. The summed E-state index contributed by atoms with van der Waals surface area (Å²) < 4.78 is 0. The van der Waals surface area contributed by atoms with E-state index >= 15 is 0 Å². The van der Waals surface area contributed by atoms with Gasteiger partial charge in [-0.15, -0.1) is 0 Å². The quantitative estimate of drug-likeness (QED) is 0.382. The second-order valence-electron chi connectivity index (χ2n) is 9.07. The van der Waals surface area contributed by atoms with Gasteiger partial charge in [-0.25, -0.2) is 0 Å². The Morgan fingerprint density at radius 1 is 1.03 bits per heavy atom. The Hall–Kier alpha value is -3.09. The average molecular weight is 526 g/mol. The molecule has 0 fully saturated rings. The summed E-state index contributed by atoms with van der Waals surface area (Å²) >= 11 is 12.5. The minimum atomic E-state index is -0.728. The van der Waals surface area contributed by atoms with Crippen molar-refractivity contribution in [1.29, 1.82) is 0 Å². The molecule has 0 saturated heterocycles. The smallest absolute Gasteiger partial charge is 0.259 e. The molecule has 1 aliphatic rings. The monoisotopic (exact) mass is 525 g/mol. The standard InChI is InChI=1S/C28H29Cl2N3O3/c1-4-17(3)31-27(35)23(5-2)32(15-19-12-13-20(29)14-22(19)30)25(34)16-33-24-11-7-9-18-8-6-10-21(26(18)24)28(33)36/h6-14,17,23H,4-5,15-16H2,1-3H3,(H,31,35). The Kier molecular flexibility index (Phi) is 7.86. The van der Waals surface area contributed by atoms with E-state index < -0.39 is 6.04 Å². The maximum Gasteiger partial charge on any atom is 0.259 e. The van der Waals surface area contributed by atoms with Crippen molar-refractivity contribution in [2.24, 2.45) is 0 Å². The molecule has 0 saturated carbocycles. The predicted molar refractivity (Wildman–Crippen MR) is 145 cm³/mol. The summed E-state index contributed by atoms with van der Waals surface area (Å²) in [6.07, 6.45) is 1.17. The number of halogens is 2. The van der Waals surface area contributed by atoms with E-state index in [9.17, 15) is 14.4 Å². The van der Waals surface area contributed by atoms with Gasteiger partial charge in [0.15, 0.2) is 0 Å². The van der Waals surface area contributed by atoms with Crippen LogP contribution < -0.4 is 10.2 Å². The minimum Gasteiger partial charge on any atom is -0.352 e. The molecule has 1 heterocycles. The van der Waals surface area contributed by atoms with Crippen LogP contribution in [0.2, 0.25) is 10.0 Å². The van der Waals surface area contributed by atoms with E-state index in [1.165, 1.54) is 9.80 Å². The van der Waals surface area contributed by atoms with E-state index in [1.54, 1.807) is 24.3 Å². The number of rotatable bonds is 9. The second kappa shape index (κ2) is 10.9. The molecule has 8 heteroatoms. The number of nitrogens with zero attached hydrogens (tertiary/aromatic N) is 2. The van der Waals surface area contributed by atoms with Crippen LogP contribution in [0.4, 0.5) is 5.69 Å². The minimum absolute atomic E-state index is 0.0325. The lowest BCUT2D eigenvalue weighted by Crippen LogP contribution is -2.53. The molecule has 1 N–H and O–H groups in total. The van der Waals surface area contributed by atoms with Crippen LogP contribution in [0.5, 0.6) is 0 Å². The summed E-state index contributed by atoms with van der Waals surface area (Å²) in [6, 6.07) is 15.5. The van der Waals surface area contributed by atoms with Crippen molar-refractivity contribution in [1.82, 2.24) is 10.2 Å². The zero-order valence-corrected chi connectivity index (χ0v) is 22.1. The van der Waals surface area contributed by atoms with Gasteiger partial charge in [-0.2, -0.15) is 0 Å². The predicted octanol–water partition coefficient (Wildman–Crippen LogP) is 5.83. The van der Waals surface area contributed by atoms with E-state index in [4.69, 9.17) is 23.2 Å². The van der Waals surface area contributed by atoms with E-state index in [2.05, 4.69) is 5.32 Å². The highest BCUT2D eigenvalue weighted by Crippen LogP contribution is 2.37. The van der Waals surface area contributed by atoms with Crippen LogP contribution in [-0.4, -0.2) is 41.2 Å². The highest BCUT2D eigenvalue weighted by molar-refractivity contribution is 6.35. The number of amides is 3. The van der Waals surface area contributed by atoms with Gasteiger partial charge < -0.3 is 10.2 Å². The van der Waals surface area contributed by atoms with Crippen molar-refractivity contribution in [3.05, 3.63) is 75.8 Å². The molecule has 0 radical (unpaired) electrons. The molecule has 0 bridgehead atoms. The molecule has 3 aromatic carbocycles. The lowest BCUT2D eigenvalue weighted by Gasteiger charge is -2.33. The summed E-state index contributed by atoms with van der Waals surface area (Å²) in [5, 5.41) is 5.66. The molecule has 0 spiro atoms. The first kappa shape index (κ1) is 26.0. The molecule has 36 heavy (non-hydrogen) atoms. The van der Waals surface area contributed by atoms with Crippen molar-refractivity contribution < 1.29 is 14.4 Å². The lowest BCUT2D eigenvalue weighted by atomic mass is 10.1. The summed E-state index contributed by atoms with van der Waals surface area (Å²) in [7, 11) is 0. The van der Waals surface area contributed by atoms with Crippen molar-refractivity contribution in [2.75, 3.05) is 11.4 Å². The fraction of sp³-hybridized carbons (Fsp3) is 0.321. The van der Waals surface area contributed by atoms with Crippen LogP contribution >= 0.6 is 23.2 Å². The Morgan fingerprint density at radius 2 is 1.75 bits per heavy atom. The van der Waals surface area contributed by atoms with E-state index in [0.29, 0.717) is 33.3 Å². The summed E-state index contributed by atoms with van der Waals surface area (Å²) in [6.45, 7) is 5.70. The topological polar surface area (TPSA) is 69.7 Å². The maximum absolute atomic E-state index is 13.8. The van der Waals surface area contributed by atoms with Gasteiger partial charge in [0.25, 0.3) is 5.91 Å². The molecule has 2 unspecified atom stereocenters. The number of carbonyl (C=O) groups excluding carboxylic acids is 3. The number of hydrogen-bond donors (Lipinski definition) is 1. The molecule has 4 rings (SSSR count). The largest absolute Gasteiger partial charge is 0.352 e. The summed E-state index contributed by atoms with van der Waals surface area (Å²) in [5.74, 6) is -0.800. The maximum atomic E-state index is 13.8. The number of nitrogens with one attached hydrogen (secondary N) is 1. The number of benzene rings is 3. The molecular weight excluding hydrogens is 497 g/mol. The van der Waals surface area contributed by atoms with Gasteiger partial charge in [0.2, 0.25) is 11.8 Å². The SMILES string of the molecule is CCC(C)NC(=O)C(CC)N(Cc1ccc(Cl)cc1Cl)C(=O)CN1C(=O)c2cccc3cccc1c23. The zero-order chi connectivity index (χ0) is 26.0. The Morgan fingerprint density at radius 3 is 2.42 bits per heavy atom. The third-order valence-corrected chi connectivity index (χ3v) is 7.27. The third kappa shape index (κ3) is 5.06. The first-order valence-corrected chi connectivity index (χ1v) is 12.9. The van der Waals surface area contributed by atoms with Gasteiger partial charge in [-0.3, -0.25) is 19.3 Å². The van der Waals surface area contributed by atoms with Gasteiger partial charge in [0, 0.05) is 33.6 Å². The van der Waals surface area contributed by atoms with Crippen LogP contribution in [-0.2, 0) is 16.1 Å². The third-order valence-electron chi connectivity index (χ3n) is 6.69. The Labute approximate surface area is 221 Å². The number of hydrogen-bond acceptors (Lipinski definition) is 3. The highest BCUT2D eigenvalue weighted by atomic mass is 35.5. The summed E-state index contributed by atoms with van der Waals surface area (Å²) in [4.78, 5) is 43.3. The van der Waals surface area contributed by atoms with Gasteiger partial charge in [0.05, 0.1) is 5.69 Å². The molecule has 6 nitrogen and oxygen atoms in total. The Balaban J connectivity index is 1.67. The summed E-state index contributed by atoms with van der Waals surface area (Å²) in [5.41, 5.74) is 1.94. The fourth-order valence-corrected chi connectivity index (χ4v) is 5.02. The Bertz CT molecular complexity index is 1320. The van der Waals surface area contributed by atoms with Gasteiger partial charge in [-0.05, 0) is 55.0 Å². The molecule has 3 aromatic rings. The van der Waals surface area contributed by atoms with E-state index in [-0.39, 0.29) is 36.9 Å². The van der Waals surface area contributed by atoms with Gasteiger partial charge in [0.1, 0.15) is 12.6 Å². The molecule has 0 aliphatic carbocycles. The van der Waals surface area contributed by atoms with E-state index in [0.717, 1.165) is 17.2 Å². The molecule has 2 atom stereocenters. The molecule has 0 aromatic heterocycles. The van der Waals surface area contributed by atoms with Gasteiger partial charge in [-0.1, -0.05) is 67.4 Å². The number of anilines is 1. The van der Waals surface area contributed by atoms with Crippen molar-refractivity contribution in [2.45, 2.75) is 52.2 Å². The van der Waals surface area contributed by atoms with Crippen LogP contribution in [0, 0.1) is 0 Å². The van der Waals surface area contributed by atoms with Crippen molar-refractivity contribution in [3.8, 4) is 0 Å². The molecule has 188 valence electrons. The first-order valence-electron chi connectivity index (χ1n) is 12.1. The molecule has 3 amide bonds. The van der Waals surface area contributed by atoms with Crippen LogP contribution in [0.1, 0.15) is 49.5 Å². The van der Waals surface area contributed by atoms with Crippen LogP contribution in [0.25, 0.3) is 10.8 Å². The van der Waals surface area contributed by atoms with Crippen LogP contribution in [0.15, 0.2) is 54.6 Å². The molecular formula is C28H29Cl2N3O3. The van der Waals surface area contributed by atoms with E-state index in [1.807, 2.05) is 51.1 Å². The normalized spacial score (nSPS) is 14.1. The van der Waals surface area contributed by atoms with Crippen LogP contribution in [0.3, 0.4) is 0 Å². The highest BCUT2D eigenvalue weighted by Gasteiger charge is 2.35.